The van der Waals surface area contributed by atoms with Gasteiger partial charge in [-0.15, -0.1) is 0 Å². The van der Waals surface area contributed by atoms with Crippen molar-refractivity contribution < 1.29 is 14.6 Å². The van der Waals surface area contributed by atoms with Crippen LogP contribution in [0.1, 0.15) is 31.4 Å². The number of aryl methyl sites for hydroxylation is 1. The van der Waals surface area contributed by atoms with Crippen LogP contribution in [0.5, 0.6) is 5.75 Å². The molecule has 1 aromatic carbocycles. The average molecular weight is 220 g/mol. The maximum absolute atomic E-state index is 10.6. The molecule has 1 aromatic rings. The van der Waals surface area contributed by atoms with E-state index in [0.717, 1.165) is 29.7 Å². The molecule has 0 bridgehead atoms. The number of carbonyl (C=O) groups is 1. The summed E-state index contributed by atoms with van der Waals surface area (Å²) < 4.78 is 5.83. The molecule has 0 aliphatic carbocycles. The van der Waals surface area contributed by atoms with Crippen molar-refractivity contribution in [1.82, 2.24) is 0 Å². The monoisotopic (exact) mass is 220 g/mol. The van der Waals surface area contributed by atoms with Crippen LogP contribution in [-0.4, -0.2) is 16.7 Å². The predicted molar refractivity (Wildman–Crippen MR) is 60.8 cm³/mol. The van der Waals surface area contributed by atoms with E-state index in [2.05, 4.69) is 13.8 Å². The van der Waals surface area contributed by atoms with Gasteiger partial charge >= 0.3 is 5.97 Å². The predicted octanol–water partition coefficient (Wildman–Crippen LogP) is 2.42. The van der Waals surface area contributed by atoms with Gasteiger partial charge in [0.15, 0.2) is 0 Å². The molecule has 1 N–H and O–H groups in total. The van der Waals surface area contributed by atoms with Crippen molar-refractivity contribution in [3.8, 4) is 5.75 Å². The Balaban J connectivity index is 2.24. The van der Waals surface area contributed by atoms with Gasteiger partial charge in [-0.3, -0.25) is 4.79 Å². The Morgan fingerprint density at radius 1 is 1.50 bits per heavy atom. The van der Waals surface area contributed by atoms with Crippen LogP contribution < -0.4 is 4.74 Å². The number of hydrogen-bond acceptors (Lipinski definition) is 2. The van der Waals surface area contributed by atoms with Crippen molar-refractivity contribution in [2.24, 2.45) is 0 Å². The molecule has 1 aliphatic rings. The highest BCUT2D eigenvalue weighted by Gasteiger charge is 2.26. The van der Waals surface area contributed by atoms with E-state index in [1.165, 1.54) is 0 Å². The summed E-state index contributed by atoms with van der Waals surface area (Å²) in [5, 5.41) is 8.72. The molecule has 86 valence electrons. The fourth-order valence-corrected chi connectivity index (χ4v) is 2.00. The first-order valence-corrected chi connectivity index (χ1v) is 5.49. The first-order valence-electron chi connectivity index (χ1n) is 5.49. The standard InChI is InChI=1S/C13H16O3/c1-13(2)6-5-10-7-9(8-12(14)15)3-4-11(10)16-13/h3-4,7H,5-6,8H2,1-2H3,(H,14,15). The summed E-state index contributed by atoms with van der Waals surface area (Å²) in [6, 6.07) is 5.65. The van der Waals surface area contributed by atoms with Gasteiger partial charge in [0, 0.05) is 0 Å². The summed E-state index contributed by atoms with van der Waals surface area (Å²) in [5.41, 5.74) is 1.86. The number of benzene rings is 1. The third kappa shape index (κ3) is 2.35. The van der Waals surface area contributed by atoms with E-state index in [1.807, 2.05) is 18.2 Å². The van der Waals surface area contributed by atoms with Crippen LogP contribution in [-0.2, 0) is 17.6 Å². The number of carboxylic acid groups (broad SMARTS) is 1. The third-order valence-electron chi connectivity index (χ3n) is 2.86. The van der Waals surface area contributed by atoms with Gasteiger partial charge in [-0.2, -0.15) is 0 Å². The largest absolute Gasteiger partial charge is 0.488 e. The Morgan fingerprint density at radius 3 is 2.94 bits per heavy atom. The Labute approximate surface area is 95.0 Å². The molecular weight excluding hydrogens is 204 g/mol. The quantitative estimate of drug-likeness (QED) is 0.832. The van der Waals surface area contributed by atoms with Crippen molar-refractivity contribution in [3.05, 3.63) is 29.3 Å². The van der Waals surface area contributed by atoms with Crippen LogP contribution in [0.15, 0.2) is 18.2 Å². The molecule has 2 rings (SSSR count). The van der Waals surface area contributed by atoms with Crippen molar-refractivity contribution >= 4 is 5.97 Å². The SMILES string of the molecule is CC1(C)CCc2cc(CC(=O)O)ccc2O1. The molecule has 0 saturated carbocycles. The van der Waals surface area contributed by atoms with Crippen molar-refractivity contribution in [1.29, 1.82) is 0 Å². The second-order valence-electron chi connectivity index (χ2n) is 4.87. The smallest absolute Gasteiger partial charge is 0.307 e. The number of rotatable bonds is 2. The zero-order valence-electron chi connectivity index (χ0n) is 9.62. The van der Waals surface area contributed by atoms with E-state index in [0.29, 0.717) is 0 Å². The number of hydrogen-bond donors (Lipinski definition) is 1. The highest BCUT2D eigenvalue weighted by atomic mass is 16.5. The number of carboxylic acids is 1. The maximum Gasteiger partial charge on any atom is 0.307 e. The minimum atomic E-state index is -0.794. The fourth-order valence-electron chi connectivity index (χ4n) is 2.00. The van der Waals surface area contributed by atoms with Crippen LogP contribution in [0.25, 0.3) is 0 Å². The lowest BCUT2D eigenvalue weighted by Gasteiger charge is -2.32. The molecule has 0 atom stereocenters. The van der Waals surface area contributed by atoms with Gasteiger partial charge in [-0.05, 0) is 43.9 Å². The lowest BCUT2D eigenvalue weighted by Crippen LogP contribution is -2.32. The highest BCUT2D eigenvalue weighted by Crippen LogP contribution is 2.33. The minimum Gasteiger partial charge on any atom is -0.488 e. The second-order valence-corrected chi connectivity index (χ2v) is 4.87. The number of aliphatic carboxylic acids is 1. The summed E-state index contributed by atoms with van der Waals surface area (Å²) in [6.07, 6.45) is 2.00. The lowest BCUT2D eigenvalue weighted by atomic mass is 9.93. The molecule has 0 fully saturated rings. The number of ether oxygens (including phenoxy) is 1. The van der Waals surface area contributed by atoms with Crippen molar-refractivity contribution in [2.45, 2.75) is 38.7 Å². The van der Waals surface area contributed by atoms with Gasteiger partial charge in [-0.25, -0.2) is 0 Å². The summed E-state index contributed by atoms with van der Waals surface area (Å²) in [6.45, 7) is 4.14. The topological polar surface area (TPSA) is 46.5 Å². The maximum atomic E-state index is 10.6. The minimum absolute atomic E-state index is 0.0800. The molecule has 0 unspecified atom stereocenters. The molecule has 0 radical (unpaired) electrons. The van der Waals surface area contributed by atoms with E-state index in [4.69, 9.17) is 9.84 Å². The first-order chi connectivity index (χ1) is 7.46. The normalized spacial score (nSPS) is 17.4. The van der Waals surface area contributed by atoms with E-state index in [-0.39, 0.29) is 12.0 Å². The van der Waals surface area contributed by atoms with Crippen LogP contribution in [0, 0.1) is 0 Å². The Morgan fingerprint density at radius 2 is 2.25 bits per heavy atom. The Kier molecular flexibility index (Phi) is 2.62. The van der Waals surface area contributed by atoms with Gasteiger partial charge in [0.25, 0.3) is 0 Å². The van der Waals surface area contributed by atoms with Crippen LogP contribution in [0.3, 0.4) is 0 Å². The first kappa shape index (κ1) is 11.0. The average Bonchev–Trinajstić information content (AvgIpc) is 2.16. The van der Waals surface area contributed by atoms with Gasteiger partial charge in [-0.1, -0.05) is 12.1 Å². The lowest BCUT2D eigenvalue weighted by molar-refractivity contribution is -0.136. The zero-order valence-corrected chi connectivity index (χ0v) is 9.62. The van der Waals surface area contributed by atoms with E-state index in [9.17, 15) is 4.79 Å². The Bertz CT molecular complexity index is 421. The Hall–Kier alpha value is -1.51. The van der Waals surface area contributed by atoms with E-state index in [1.54, 1.807) is 0 Å². The van der Waals surface area contributed by atoms with Crippen molar-refractivity contribution in [2.75, 3.05) is 0 Å². The van der Waals surface area contributed by atoms with Gasteiger partial charge in [0.2, 0.25) is 0 Å². The van der Waals surface area contributed by atoms with Crippen LogP contribution >= 0.6 is 0 Å². The molecule has 0 saturated heterocycles. The highest BCUT2D eigenvalue weighted by molar-refractivity contribution is 5.70. The molecule has 0 aromatic heterocycles. The molecule has 1 heterocycles. The zero-order chi connectivity index (χ0) is 11.8. The molecule has 3 nitrogen and oxygen atoms in total. The molecular formula is C13H16O3. The number of fused-ring (bicyclic) bond motifs is 1. The second kappa shape index (κ2) is 3.81. The summed E-state index contributed by atoms with van der Waals surface area (Å²) >= 11 is 0. The molecule has 16 heavy (non-hydrogen) atoms. The van der Waals surface area contributed by atoms with E-state index >= 15 is 0 Å². The third-order valence-corrected chi connectivity index (χ3v) is 2.86. The van der Waals surface area contributed by atoms with Gasteiger partial charge in [0.1, 0.15) is 11.4 Å². The van der Waals surface area contributed by atoms with Crippen LogP contribution in [0.2, 0.25) is 0 Å². The van der Waals surface area contributed by atoms with E-state index < -0.39 is 5.97 Å². The molecule has 0 spiro atoms. The summed E-state index contributed by atoms with van der Waals surface area (Å²) in [4.78, 5) is 10.6. The molecule has 3 heteroatoms. The van der Waals surface area contributed by atoms with Gasteiger partial charge in [0.05, 0.1) is 6.42 Å². The fraction of sp³-hybridized carbons (Fsp3) is 0.462. The van der Waals surface area contributed by atoms with Gasteiger partial charge < -0.3 is 9.84 Å². The van der Waals surface area contributed by atoms with Crippen molar-refractivity contribution in [3.63, 3.8) is 0 Å². The van der Waals surface area contributed by atoms with Crippen LogP contribution in [0.4, 0.5) is 0 Å². The summed E-state index contributed by atoms with van der Waals surface area (Å²) in [5.74, 6) is 0.0994. The molecule has 0 amide bonds. The summed E-state index contributed by atoms with van der Waals surface area (Å²) in [7, 11) is 0. The molecule has 1 aliphatic heterocycles.